The van der Waals surface area contributed by atoms with Crippen LogP contribution in [0.1, 0.15) is 18.9 Å². The Morgan fingerprint density at radius 2 is 2.21 bits per heavy atom. The van der Waals surface area contributed by atoms with Gasteiger partial charge in [-0.05, 0) is 24.1 Å². The zero-order valence-electron chi connectivity index (χ0n) is 10.8. The van der Waals surface area contributed by atoms with E-state index >= 15 is 0 Å². The molecular formula is C14H16N2O2S. The van der Waals surface area contributed by atoms with Gasteiger partial charge in [-0.15, -0.1) is 0 Å². The summed E-state index contributed by atoms with van der Waals surface area (Å²) in [7, 11) is 0. The molecule has 5 heteroatoms. The number of thiol groups is 1. The molecule has 0 bridgehead atoms. The lowest BCUT2D eigenvalue weighted by atomic mass is 10.1. The normalized spacial score (nSPS) is 22.0. The Labute approximate surface area is 117 Å². The zero-order chi connectivity index (χ0) is 13.6. The summed E-state index contributed by atoms with van der Waals surface area (Å²) in [4.78, 5) is 27.0. The fourth-order valence-electron chi connectivity index (χ4n) is 2.80. The van der Waals surface area contributed by atoms with E-state index in [1.807, 2.05) is 18.2 Å². The molecule has 19 heavy (non-hydrogen) atoms. The van der Waals surface area contributed by atoms with E-state index in [0.29, 0.717) is 13.0 Å². The molecule has 1 unspecified atom stereocenters. The number of rotatable bonds is 1. The molecule has 100 valence electrons. The fourth-order valence-corrected chi connectivity index (χ4v) is 3.12. The predicted octanol–water partition coefficient (Wildman–Crippen LogP) is 1.63. The maximum absolute atomic E-state index is 11.9. The Morgan fingerprint density at radius 3 is 2.84 bits per heavy atom. The molecule has 2 heterocycles. The maximum atomic E-state index is 11.9. The van der Waals surface area contributed by atoms with Crippen LogP contribution < -0.4 is 9.80 Å². The molecule has 1 saturated heterocycles. The van der Waals surface area contributed by atoms with Gasteiger partial charge in [0.15, 0.2) is 0 Å². The lowest BCUT2D eigenvalue weighted by Gasteiger charge is -2.20. The van der Waals surface area contributed by atoms with Crippen molar-refractivity contribution in [1.29, 1.82) is 0 Å². The van der Waals surface area contributed by atoms with Crippen LogP contribution in [0.3, 0.4) is 0 Å². The third-order valence-corrected chi connectivity index (χ3v) is 4.11. The number of carbonyl (C=O) groups excluding carboxylic acids is 2. The lowest BCUT2D eigenvalue weighted by Crippen LogP contribution is -2.27. The molecule has 1 atom stereocenters. The summed E-state index contributed by atoms with van der Waals surface area (Å²) in [5.41, 5.74) is 2.99. The number of fused-ring (bicyclic) bond motifs is 1. The van der Waals surface area contributed by atoms with Crippen molar-refractivity contribution in [1.82, 2.24) is 0 Å². The van der Waals surface area contributed by atoms with E-state index in [2.05, 4.69) is 12.6 Å². The Bertz CT molecular complexity index is 558. The van der Waals surface area contributed by atoms with Crippen molar-refractivity contribution < 1.29 is 9.59 Å². The van der Waals surface area contributed by atoms with Crippen LogP contribution in [-0.4, -0.2) is 30.2 Å². The molecule has 0 aromatic heterocycles. The van der Waals surface area contributed by atoms with Crippen LogP contribution in [0.2, 0.25) is 0 Å². The number of benzene rings is 1. The number of carbonyl (C=O) groups is 2. The van der Waals surface area contributed by atoms with Crippen LogP contribution in [0.25, 0.3) is 0 Å². The topological polar surface area (TPSA) is 40.6 Å². The molecule has 0 saturated carbocycles. The summed E-state index contributed by atoms with van der Waals surface area (Å²) in [6, 6.07) is 5.94. The molecule has 2 amide bonds. The average molecular weight is 276 g/mol. The maximum Gasteiger partial charge on any atom is 0.228 e. The van der Waals surface area contributed by atoms with Crippen molar-refractivity contribution in [3.63, 3.8) is 0 Å². The highest BCUT2D eigenvalue weighted by Gasteiger charge is 2.30. The van der Waals surface area contributed by atoms with Crippen LogP contribution in [0.15, 0.2) is 18.2 Å². The quantitative estimate of drug-likeness (QED) is 0.792. The van der Waals surface area contributed by atoms with Gasteiger partial charge in [0.1, 0.15) is 0 Å². The summed E-state index contributed by atoms with van der Waals surface area (Å²) in [6.45, 7) is 2.95. The van der Waals surface area contributed by atoms with Gasteiger partial charge >= 0.3 is 0 Å². The molecule has 2 aliphatic rings. The third-order valence-electron chi connectivity index (χ3n) is 3.76. The van der Waals surface area contributed by atoms with Crippen molar-refractivity contribution in [2.24, 2.45) is 0 Å². The lowest BCUT2D eigenvalue weighted by molar-refractivity contribution is -0.117. The Balaban J connectivity index is 1.95. The molecule has 0 spiro atoms. The summed E-state index contributed by atoms with van der Waals surface area (Å²) in [6.07, 6.45) is 1.37. The van der Waals surface area contributed by atoms with Gasteiger partial charge in [0.2, 0.25) is 11.8 Å². The second kappa shape index (κ2) is 4.56. The van der Waals surface area contributed by atoms with Crippen LogP contribution >= 0.6 is 12.6 Å². The van der Waals surface area contributed by atoms with Crippen molar-refractivity contribution in [3.05, 3.63) is 23.8 Å². The second-order valence-corrected chi connectivity index (χ2v) is 5.83. The Kier molecular flexibility index (Phi) is 3.01. The van der Waals surface area contributed by atoms with Gasteiger partial charge in [0.05, 0.1) is 0 Å². The third kappa shape index (κ3) is 2.12. The Morgan fingerprint density at radius 1 is 1.42 bits per heavy atom. The zero-order valence-corrected chi connectivity index (χ0v) is 11.7. The van der Waals surface area contributed by atoms with Crippen LogP contribution in [-0.2, 0) is 16.0 Å². The first-order chi connectivity index (χ1) is 9.06. The minimum Gasteiger partial charge on any atom is -0.312 e. The highest BCUT2D eigenvalue weighted by atomic mass is 32.1. The van der Waals surface area contributed by atoms with Crippen LogP contribution in [0.5, 0.6) is 0 Å². The smallest absolute Gasteiger partial charge is 0.228 e. The van der Waals surface area contributed by atoms with Crippen molar-refractivity contribution in [2.45, 2.75) is 25.0 Å². The Hall–Kier alpha value is -1.49. The van der Waals surface area contributed by atoms with Gasteiger partial charge < -0.3 is 9.80 Å². The van der Waals surface area contributed by atoms with E-state index in [1.54, 1.807) is 16.7 Å². The molecular weight excluding hydrogens is 260 g/mol. The molecule has 0 N–H and O–H groups in total. The highest BCUT2D eigenvalue weighted by Crippen LogP contribution is 2.34. The predicted molar refractivity (Wildman–Crippen MR) is 77.9 cm³/mol. The minimum atomic E-state index is 0.0516. The first-order valence-electron chi connectivity index (χ1n) is 6.45. The van der Waals surface area contributed by atoms with E-state index in [1.165, 1.54) is 5.56 Å². The molecule has 1 aromatic carbocycles. The highest BCUT2D eigenvalue weighted by molar-refractivity contribution is 7.81. The summed E-state index contributed by atoms with van der Waals surface area (Å²) >= 11 is 4.37. The SMILES string of the molecule is CC(=O)N1CCc2ccc(N3CC(S)CC3=O)cc21. The standard InChI is InChI=1S/C14H16N2O2S/c1-9(17)15-5-4-10-2-3-11(6-13(10)15)16-8-12(19)7-14(16)18/h2-3,6,12,19H,4-5,7-8H2,1H3. The summed E-state index contributed by atoms with van der Waals surface area (Å²) in [5, 5.41) is 0.102. The summed E-state index contributed by atoms with van der Waals surface area (Å²) < 4.78 is 0. The van der Waals surface area contributed by atoms with E-state index in [0.717, 1.165) is 24.3 Å². The van der Waals surface area contributed by atoms with E-state index in [-0.39, 0.29) is 17.1 Å². The van der Waals surface area contributed by atoms with Crippen LogP contribution in [0.4, 0.5) is 11.4 Å². The van der Waals surface area contributed by atoms with Gasteiger partial charge in [-0.2, -0.15) is 12.6 Å². The van der Waals surface area contributed by atoms with Crippen molar-refractivity contribution >= 4 is 35.8 Å². The average Bonchev–Trinajstić information content (AvgIpc) is 2.91. The van der Waals surface area contributed by atoms with Gasteiger partial charge in [0, 0.05) is 43.1 Å². The molecule has 3 rings (SSSR count). The van der Waals surface area contributed by atoms with Crippen molar-refractivity contribution in [2.75, 3.05) is 22.9 Å². The molecule has 1 aromatic rings. The van der Waals surface area contributed by atoms with Crippen molar-refractivity contribution in [3.8, 4) is 0 Å². The fraction of sp³-hybridized carbons (Fsp3) is 0.429. The van der Waals surface area contributed by atoms with Gasteiger partial charge in [-0.25, -0.2) is 0 Å². The monoisotopic (exact) mass is 276 g/mol. The molecule has 2 aliphatic heterocycles. The summed E-state index contributed by atoms with van der Waals surface area (Å²) in [5.74, 6) is 0.156. The number of hydrogen-bond acceptors (Lipinski definition) is 3. The molecule has 0 radical (unpaired) electrons. The molecule has 0 aliphatic carbocycles. The second-order valence-electron chi connectivity index (χ2n) is 5.10. The number of amides is 2. The van der Waals surface area contributed by atoms with Gasteiger partial charge in [-0.1, -0.05) is 6.07 Å². The van der Waals surface area contributed by atoms with E-state index < -0.39 is 0 Å². The van der Waals surface area contributed by atoms with Gasteiger partial charge in [0.25, 0.3) is 0 Å². The number of nitrogens with zero attached hydrogens (tertiary/aromatic N) is 2. The molecule has 1 fully saturated rings. The minimum absolute atomic E-state index is 0.0516. The van der Waals surface area contributed by atoms with E-state index in [9.17, 15) is 9.59 Å². The molecule has 4 nitrogen and oxygen atoms in total. The number of hydrogen-bond donors (Lipinski definition) is 1. The largest absolute Gasteiger partial charge is 0.312 e. The number of anilines is 2. The van der Waals surface area contributed by atoms with Crippen LogP contribution in [0, 0.1) is 0 Å². The first-order valence-corrected chi connectivity index (χ1v) is 6.97. The van der Waals surface area contributed by atoms with E-state index in [4.69, 9.17) is 0 Å². The first kappa shape index (κ1) is 12.5. The van der Waals surface area contributed by atoms with Gasteiger partial charge in [-0.3, -0.25) is 9.59 Å².